The molecule has 0 saturated carbocycles. The van der Waals surface area contributed by atoms with E-state index in [1.165, 1.54) is 5.69 Å². The third-order valence-electron chi connectivity index (χ3n) is 4.55. The average Bonchev–Trinajstić information content (AvgIpc) is 2.62. The fourth-order valence-electron chi connectivity index (χ4n) is 3.18. The summed E-state index contributed by atoms with van der Waals surface area (Å²) in [5.74, 6) is 2.37. The molecule has 1 aromatic carbocycles. The van der Waals surface area contributed by atoms with E-state index < -0.39 is 0 Å². The Balaban J connectivity index is 1.79. The van der Waals surface area contributed by atoms with Gasteiger partial charge in [-0.1, -0.05) is 39.0 Å². The molecule has 3 rings (SSSR count). The average molecular weight is 310 g/mol. The second-order valence-electron chi connectivity index (χ2n) is 6.46. The van der Waals surface area contributed by atoms with Crippen LogP contribution in [0.15, 0.2) is 42.6 Å². The summed E-state index contributed by atoms with van der Waals surface area (Å²) < 4.78 is 0. The van der Waals surface area contributed by atoms with Gasteiger partial charge in [0.15, 0.2) is 0 Å². The summed E-state index contributed by atoms with van der Waals surface area (Å²) in [6, 6.07) is 13.2. The predicted molar refractivity (Wildman–Crippen MR) is 96.2 cm³/mol. The van der Waals surface area contributed by atoms with Gasteiger partial charge in [-0.2, -0.15) is 0 Å². The lowest BCUT2D eigenvalue weighted by Gasteiger charge is -2.43. The van der Waals surface area contributed by atoms with Crippen LogP contribution in [0.5, 0.6) is 0 Å². The van der Waals surface area contributed by atoms with Crippen LogP contribution in [0.2, 0.25) is 0 Å². The summed E-state index contributed by atoms with van der Waals surface area (Å²) in [6.45, 7) is 9.62. The lowest BCUT2D eigenvalue weighted by molar-refractivity contribution is 0.503. The first-order valence-electron chi connectivity index (χ1n) is 8.58. The maximum Gasteiger partial charge on any atom is 0.133 e. The van der Waals surface area contributed by atoms with Gasteiger partial charge in [0.1, 0.15) is 11.6 Å². The van der Waals surface area contributed by atoms with E-state index in [-0.39, 0.29) is 0 Å². The number of para-hydroxylation sites is 1. The van der Waals surface area contributed by atoms with Gasteiger partial charge in [-0.3, -0.25) is 0 Å². The van der Waals surface area contributed by atoms with Crippen LogP contribution < -0.4 is 9.80 Å². The Kier molecular flexibility index (Phi) is 4.79. The predicted octanol–water partition coefficient (Wildman–Crippen LogP) is 3.71. The molecular formula is C19H26N4. The molecule has 1 unspecified atom stereocenters. The normalized spacial score (nSPS) is 18.5. The summed E-state index contributed by atoms with van der Waals surface area (Å²) in [4.78, 5) is 14.1. The number of benzene rings is 1. The number of hydrogen-bond acceptors (Lipinski definition) is 4. The van der Waals surface area contributed by atoms with Gasteiger partial charge in [0.25, 0.3) is 0 Å². The van der Waals surface area contributed by atoms with Gasteiger partial charge >= 0.3 is 0 Å². The Bertz CT molecular complexity index is 626. The number of nitrogens with zero attached hydrogens (tertiary/aromatic N) is 4. The minimum atomic E-state index is 0.362. The molecule has 0 amide bonds. The molecule has 0 bridgehead atoms. The Labute approximate surface area is 139 Å². The van der Waals surface area contributed by atoms with Crippen LogP contribution in [-0.2, 0) is 0 Å². The second kappa shape index (κ2) is 6.99. The molecule has 1 fully saturated rings. The maximum atomic E-state index is 4.79. The summed E-state index contributed by atoms with van der Waals surface area (Å²) >= 11 is 0. The van der Waals surface area contributed by atoms with Crippen molar-refractivity contribution in [3.05, 3.63) is 48.4 Å². The Morgan fingerprint density at radius 3 is 2.61 bits per heavy atom. The van der Waals surface area contributed by atoms with Gasteiger partial charge in [-0.15, -0.1) is 0 Å². The maximum absolute atomic E-state index is 4.79. The fraction of sp³-hybridized carbons (Fsp3) is 0.474. The first-order chi connectivity index (χ1) is 11.2. The van der Waals surface area contributed by atoms with E-state index in [0.29, 0.717) is 12.0 Å². The minimum Gasteiger partial charge on any atom is -0.368 e. The minimum absolute atomic E-state index is 0.362. The van der Waals surface area contributed by atoms with E-state index in [1.807, 2.05) is 12.3 Å². The molecule has 1 aliphatic rings. The van der Waals surface area contributed by atoms with Crippen molar-refractivity contribution in [2.45, 2.75) is 39.2 Å². The van der Waals surface area contributed by atoms with Crippen molar-refractivity contribution < 1.29 is 0 Å². The van der Waals surface area contributed by atoms with Crippen molar-refractivity contribution in [1.82, 2.24) is 9.97 Å². The summed E-state index contributed by atoms with van der Waals surface area (Å²) in [5.41, 5.74) is 1.32. The summed E-state index contributed by atoms with van der Waals surface area (Å²) in [5, 5.41) is 0. The number of anilines is 2. The number of hydrogen-bond donors (Lipinski definition) is 0. The van der Waals surface area contributed by atoms with E-state index >= 15 is 0 Å². The first kappa shape index (κ1) is 15.8. The van der Waals surface area contributed by atoms with Gasteiger partial charge in [-0.05, 0) is 24.6 Å². The van der Waals surface area contributed by atoms with Gasteiger partial charge < -0.3 is 9.80 Å². The molecular weight excluding hydrogens is 284 g/mol. The highest BCUT2D eigenvalue weighted by atomic mass is 15.3. The van der Waals surface area contributed by atoms with Gasteiger partial charge in [0.05, 0.1) is 0 Å². The highest BCUT2D eigenvalue weighted by Crippen LogP contribution is 2.24. The van der Waals surface area contributed by atoms with E-state index in [9.17, 15) is 0 Å². The summed E-state index contributed by atoms with van der Waals surface area (Å²) in [6.07, 6.45) is 3.01. The van der Waals surface area contributed by atoms with Gasteiger partial charge in [0, 0.05) is 43.5 Å². The van der Waals surface area contributed by atoms with Crippen LogP contribution in [0.3, 0.4) is 0 Å². The van der Waals surface area contributed by atoms with Crippen molar-refractivity contribution >= 4 is 11.5 Å². The first-order valence-corrected chi connectivity index (χ1v) is 8.58. The molecule has 2 aromatic rings. The van der Waals surface area contributed by atoms with Gasteiger partial charge in [-0.25, -0.2) is 9.97 Å². The molecule has 1 aliphatic heterocycles. The van der Waals surface area contributed by atoms with Crippen LogP contribution in [0, 0.1) is 0 Å². The number of piperazine rings is 1. The van der Waals surface area contributed by atoms with E-state index in [0.717, 1.165) is 37.7 Å². The molecule has 23 heavy (non-hydrogen) atoms. The molecule has 0 N–H and O–H groups in total. The smallest absolute Gasteiger partial charge is 0.133 e. The lowest BCUT2D eigenvalue weighted by atomic mass is 10.1. The van der Waals surface area contributed by atoms with Crippen LogP contribution >= 0.6 is 0 Å². The molecule has 4 nitrogen and oxygen atoms in total. The quantitative estimate of drug-likeness (QED) is 0.862. The van der Waals surface area contributed by atoms with Crippen molar-refractivity contribution in [1.29, 1.82) is 0 Å². The van der Waals surface area contributed by atoms with Crippen LogP contribution in [0.1, 0.15) is 38.9 Å². The third-order valence-corrected chi connectivity index (χ3v) is 4.55. The zero-order valence-corrected chi connectivity index (χ0v) is 14.3. The van der Waals surface area contributed by atoms with Gasteiger partial charge in [0.2, 0.25) is 0 Å². The molecule has 0 spiro atoms. The van der Waals surface area contributed by atoms with Crippen LogP contribution in [0.4, 0.5) is 11.5 Å². The third kappa shape index (κ3) is 3.46. The van der Waals surface area contributed by atoms with Crippen molar-refractivity contribution in [2.24, 2.45) is 0 Å². The molecule has 4 heteroatoms. The topological polar surface area (TPSA) is 32.3 Å². The molecule has 2 heterocycles. The zero-order chi connectivity index (χ0) is 16.2. The number of aromatic nitrogens is 2. The standard InChI is InChI=1S/C19H26N4/c1-4-16-14-22(17-8-6-5-7-9-17)12-13-23(16)18-10-11-20-19(21-18)15(2)3/h5-11,15-16H,4,12-14H2,1-3H3. The van der Waals surface area contributed by atoms with Crippen LogP contribution in [0.25, 0.3) is 0 Å². The van der Waals surface area contributed by atoms with Crippen molar-refractivity contribution in [2.75, 3.05) is 29.4 Å². The molecule has 1 saturated heterocycles. The second-order valence-corrected chi connectivity index (χ2v) is 6.46. The highest BCUT2D eigenvalue weighted by molar-refractivity contribution is 5.50. The van der Waals surface area contributed by atoms with Crippen molar-refractivity contribution in [3.63, 3.8) is 0 Å². The Hall–Kier alpha value is -2.10. The van der Waals surface area contributed by atoms with Crippen LogP contribution in [-0.4, -0.2) is 35.6 Å². The van der Waals surface area contributed by atoms with E-state index in [1.54, 1.807) is 0 Å². The van der Waals surface area contributed by atoms with E-state index in [4.69, 9.17) is 4.98 Å². The van der Waals surface area contributed by atoms with E-state index in [2.05, 4.69) is 65.9 Å². The molecule has 122 valence electrons. The summed E-state index contributed by atoms with van der Waals surface area (Å²) in [7, 11) is 0. The Morgan fingerprint density at radius 1 is 1.13 bits per heavy atom. The lowest BCUT2D eigenvalue weighted by Crippen LogP contribution is -2.53. The monoisotopic (exact) mass is 310 g/mol. The molecule has 1 atom stereocenters. The number of rotatable bonds is 4. The fourth-order valence-corrected chi connectivity index (χ4v) is 3.18. The Morgan fingerprint density at radius 2 is 1.91 bits per heavy atom. The van der Waals surface area contributed by atoms with Crippen molar-refractivity contribution in [3.8, 4) is 0 Å². The molecule has 0 aliphatic carbocycles. The molecule has 1 aromatic heterocycles. The SMILES string of the molecule is CCC1CN(c2ccccc2)CCN1c1ccnc(C(C)C)n1. The zero-order valence-electron chi connectivity index (χ0n) is 14.3. The highest BCUT2D eigenvalue weighted by Gasteiger charge is 2.27. The largest absolute Gasteiger partial charge is 0.368 e. The molecule has 0 radical (unpaired) electrons.